The Bertz CT molecular complexity index is 511. The second-order valence-electron chi connectivity index (χ2n) is 5.19. The van der Waals surface area contributed by atoms with Crippen molar-refractivity contribution in [2.75, 3.05) is 6.61 Å². The lowest BCUT2D eigenvalue weighted by molar-refractivity contribution is -0.151. The number of hydrogen-bond acceptors (Lipinski definition) is 3. The summed E-state index contributed by atoms with van der Waals surface area (Å²) in [4.78, 5) is 22.9. The summed E-state index contributed by atoms with van der Waals surface area (Å²) in [7, 11) is 0. The number of carboxylic acids is 1. The molecule has 1 fully saturated rings. The minimum absolute atomic E-state index is 0.225. The molecule has 0 unspecified atom stereocenters. The summed E-state index contributed by atoms with van der Waals surface area (Å²) >= 11 is 3.34. The van der Waals surface area contributed by atoms with Crippen LogP contribution in [-0.2, 0) is 9.59 Å². The van der Waals surface area contributed by atoms with E-state index in [-0.39, 0.29) is 12.3 Å². The molecule has 0 spiro atoms. The van der Waals surface area contributed by atoms with Gasteiger partial charge in [0.2, 0.25) is 5.91 Å². The van der Waals surface area contributed by atoms with Gasteiger partial charge in [-0.1, -0.05) is 15.9 Å². The van der Waals surface area contributed by atoms with Gasteiger partial charge >= 0.3 is 5.97 Å². The van der Waals surface area contributed by atoms with Gasteiger partial charge in [0, 0.05) is 10.9 Å². The molecule has 1 aliphatic carbocycles. The fourth-order valence-corrected chi connectivity index (χ4v) is 2.47. The van der Waals surface area contributed by atoms with Crippen molar-refractivity contribution in [1.29, 1.82) is 0 Å². The first kappa shape index (κ1) is 15.8. The summed E-state index contributed by atoms with van der Waals surface area (Å²) < 4.78 is 6.49. The Morgan fingerprint density at radius 1 is 1.29 bits per heavy atom. The van der Waals surface area contributed by atoms with Crippen LogP contribution in [-0.4, -0.2) is 29.1 Å². The topological polar surface area (TPSA) is 75.6 Å². The fraction of sp³-hybridized carbons (Fsp3) is 0.467. The van der Waals surface area contributed by atoms with Gasteiger partial charge < -0.3 is 15.2 Å². The van der Waals surface area contributed by atoms with Gasteiger partial charge in [0.25, 0.3) is 0 Å². The van der Waals surface area contributed by atoms with Crippen molar-refractivity contribution in [3.05, 3.63) is 28.7 Å². The molecule has 6 heteroatoms. The predicted octanol–water partition coefficient (Wildman–Crippen LogP) is 2.73. The highest BCUT2D eigenvalue weighted by atomic mass is 79.9. The first-order valence-corrected chi connectivity index (χ1v) is 7.74. The SMILES string of the molecule is O=C(CCCOc1ccc(Br)cc1)NC1(C(=O)O)CCC1. The molecule has 5 nitrogen and oxygen atoms in total. The van der Waals surface area contributed by atoms with E-state index in [1.807, 2.05) is 24.3 Å². The molecule has 2 N–H and O–H groups in total. The highest BCUT2D eigenvalue weighted by Crippen LogP contribution is 2.32. The van der Waals surface area contributed by atoms with E-state index in [9.17, 15) is 9.59 Å². The van der Waals surface area contributed by atoms with Crippen LogP contribution in [0.4, 0.5) is 0 Å². The Labute approximate surface area is 131 Å². The van der Waals surface area contributed by atoms with E-state index in [1.165, 1.54) is 0 Å². The van der Waals surface area contributed by atoms with Crippen molar-refractivity contribution in [3.8, 4) is 5.75 Å². The number of carbonyl (C=O) groups is 2. The minimum Gasteiger partial charge on any atom is -0.494 e. The van der Waals surface area contributed by atoms with Crippen LogP contribution in [0.3, 0.4) is 0 Å². The van der Waals surface area contributed by atoms with Gasteiger partial charge in [-0.2, -0.15) is 0 Å². The molecule has 0 heterocycles. The fourth-order valence-electron chi connectivity index (χ4n) is 2.21. The van der Waals surface area contributed by atoms with Gasteiger partial charge in [0.15, 0.2) is 0 Å². The maximum Gasteiger partial charge on any atom is 0.329 e. The number of hydrogen-bond donors (Lipinski definition) is 2. The quantitative estimate of drug-likeness (QED) is 0.737. The van der Waals surface area contributed by atoms with E-state index in [1.54, 1.807) is 0 Å². The van der Waals surface area contributed by atoms with Crippen molar-refractivity contribution in [2.24, 2.45) is 0 Å². The number of halogens is 1. The lowest BCUT2D eigenvalue weighted by Gasteiger charge is -2.38. The molecule has 0 atom stereocenters. The smallest absolute Gasteiger partial charge is 0.329 e. The van der Waals surface area contributed by atoms with Crippen molar-refractivity contribution >= 4 is 27.8 Å². The molecule has 1 aromatic rings. The largest absolute Gasteiger partial charge is 0.494 e. The monoisotopic (exact) mass is 355 g/mol. The maximum absolute atomic E-state index is 11.8. The summed E-state index contributed by atoms with van der Waals surface area (Å²) in [5, 5.41) is 11.8. The average molecular weight is 356 g/mol. The Kier molecular flexibility index (Phi) is 5.22. The third kappa shape index (κ3) is 4.20. The summed E-state index contributed by atoms with van der Waals surface area (Å²) in [6, 6.07) is 7.46. The third-order valence-electron chi connectivity index (χ3n) is 3.63. The maximum atomic E-state index is 11.8. The summed E-state index contributed by atoms with van der Waals surface area (Å²) in [6.45, 7) is 0.426. The highest BCUT2D eigenvalue weighted by molar-refractivity contribution is 9.10. The van der Waals surface area contributed by atoms with Crippen LogP contribution < -0.4 is 10.1 Å². The molecule has 0 aliphatic heterocycles. The highest BCUT2D eigenvalue weighted by Gasteiger charge is 2.45. The normalized spacial score (nSPS) is 15.9. The van der Waals surface area contributed by atoms with Crippen LogP contribution in [0.15, 0.2) is 28.7 Å². The number of ether oxygens (including phenoxy) is 1. The molecule has 1 aromatic carbocycles. The molecule has 114 valence electrons. The molecule has 1 amide bonds. The lowest BCUT2D eigenvalue weighted by Crippen LogP contribution is -2.59. The van der Waals surface area contributed by atoms with E-state index < -0.39 is 11.5 Å². The van der Waals surface area contributed by atoms with Gasteiger partial charge in [-0.15, -0.1) is 0 Å². The minimum atomic E-state index is -1.02. The second kappa shape index (κ2) is 6.93. The van der Waals surface area contributed by atoms with E-state index >= 15 is 0 Å². The zero-order chi connectivity index (χ0) is 15.3. The van der Waals surface area contributed by atoms with Gasteiger partial charge in [-0.3, -0.25) is 4.79 Å². The summed E-state index contributed by atoms with van der Waals surface area (Å²) in [5.41, 5.74) is -1.02. The molecular formula is C15H18BrNO4. The van der Waals surface area contributed by atoms with Crippen LogP contribution in [0, 0.1) is 0 Å². The van der Waals surface area contributed by atoms with Crippen molar-refractivity contribution < 1.29 is 19.4 Å². The van der Waals surface area contributed by atoms with Gasteiger partial charge in [0.1, 0.15) is 11.3 Å². The zero-order valence-corrected chi connectivity index (χ0v) is 13.2. The number of amides is 1. The van der Waals surface area contributed by atoms with Crippen LogP contribution in [0.5, 0.6) is 5.75 Å². The van der Waals surface area contributed by atoms with E-state index in [0.29, 0.717) is 25.9 Å². The average Bonchev–Trinajstić information content (AvgIpc) is 2.40. The lowest BCUT2D eigenvalue weighted by atomic mass is 9.76. The van der Waals surface area contributed by atoms with Crippen molar-refractivity contribution in [3.63, 3.8) is 0 Å². The van der Waals surface area contributed by atoms with Crippen LogP contribution in [0.2, 0.25) is 0 Å². The Morgan fingerprint density at radius 2 is 1.95 bits per heavy atom. The molecule has 1 aliphatic rings. The van der Waals surface area contributed by atoms with E-state index in [0.717, 1.165) is 16.6 Å². The predicted molar refractivity (Wildman–Crippen MR) is 81.2 cm³/mol. The Morgan fingerprint density at radius 3 is 2.48 bits per heavy atom. The molecule has 0 bridgehead atoms. The number of carboxylic acid groups (broad SMARTS) is 1. The third-order valence-corrected chi connectivity index (χ3v) is 4.15. The number of nitrogens with one attached hydrogen (secondary N) is 1. The van der Waals surface area contributed by atoms with Gasteiger partial charge in [0.05, 0.1) is 6.61 Å². The van der Waals surface area contributed by atoms with Crippen molar-refractivity contribution in [2.45, 2.75) is 37.6 Å². The van der Waals surface area contributed by atoms with E-state index in [4.69, 9.17) is 9.84 Å². The molecule has 0 aromatic heterocycles. The van der Waals surface area contributed by atoms with Gasteiger partial charge in [-0.05, 0) is 49.9 Å². The standard InChI is InChI=1S/C15H18BrNO4/c16-11-4-6-12(7-5-11)21-10-1-3-13(18)17-15(14(19)20)8-2-9-15/h4-7H,1-3,8-10H2,(H,17,18)(H,19,20). The Balaban J connectivity index is 1.67. The van der Waals surface area contributed by atoms with Gasteiger partial charge in [-0.25, -0.2) is 4.79 Å². The first-order chi connectivity index (χ1) is 10.0. The molecular weight excluding hydrogens is 338 g/mol. The number of carbonyl (C=O) groups excluding carboxylic acids is 1. The first-order valence-electron chi connectivity index (χ1n) is 6.95. The van der Waals surface area contributed by atoms with Crippen LogP contribution in [0.1, 0.15) is 32.1 Å². The second-order valence-corrected chi connectivity index (χ2v) is 6.11. The summed E-state index contributed by atoms with van der Waals surface area (Å²) in [5.74, 6) is -0.413. The molecule has 1 saturated carbocycles. The van der Waals surface area contributed by atoms with Crippen LogP contribution in [0.25, 0.3) is 0 Å². The number of rotatable bonds is 7. The Hall–Kier alpha value is -1.56. The number of aliphatic carboxylic acids is 1. The van der Waals surface area contributed by atoms with Crippen molar-refractivity contribution in [1.82, 2.24) is 5.32 Å². The number of benzene rings is 1. The molecule has 0 radical (unpaired) electrons. The molecule has 21 heavy (non-hydrogen) atoms. The van der Waals surface area contributed by atoms with E-state index in [2.05, 4.69) is 21.2 Å². The zero-order valence-electron chi connectivity index (χ0n) is 11.6. The molecule has 0 saturated heterocycles. The molecule has 2 rings (SSSR count). The summed E-state index contributed by atoms with van der Waals surface area (Å²) in [6.07, 6.45) is 2.70. The van der Waals surface area contributed by atoms with Crippen LogP contribution >= 0.6 is 15.9 Å².